The molecule has 0 saturated carbocycles. The van der Waals surface area contributed by atoms with Gasteiger partial charge in [-0.25, -0.2) is 19.5 Å². The van der Waals surface area contributed by atoms with Gasteiger partial charge >= 0.3 is 5.97 Å². The van der Waals surface area contributed by atoms with Crippen LogP contribution < -0.4 is 15.5 Å². The number of rotatable bonds is 5. The number of hydrogen-bond acceptors (Lipinski definition) is 8. The summed E-state index contributed by atoms with van der Waals surface area (Å²) >= 11 is 0. The molecule has 0 aliphatic carbocycles. The molecule has 5 aromatic rings. The average molecular weight is 596 g/mol. The summed E-state index contributed by atoms with van der Waals surface area (Å²) in [6.45, 7) is 3.47. The molecule has 0 unspecified atom stereocenters. The van der Waals surface area contributed by atoms with Crippen LogP contribution in [-0.2, 0) is 9.53 Å². The number of para-hydroxylation sites is 3. The number of aliphatic imine (C=N–C) groups is 2. The minimum atomic E-state index is -0.396. The predicted molar refractivity (Wildman–Crippen MR) is 175 cm³/mol. The summed E-state index contributed by atoms with van der Waals surface area (Å²) in [5, 5.41) is 11.2. The van der Waals surface area contributed by atoms with Gasteiger partial charge in [-0.3, -0.25) is 4.79 Å². The maximum atomic E-state index is 12.3. The first-order chi connectivity index (χ1) is 21.9. The molecule has 2 N–H and O–H groups in total. The summed E-state index contributed by atoms with van der Waals surface area (Å²) < 4.78 is 6.82. The molecular formula is C35H29N7O3. The molecule has 0 spiro atoms. The fourth-order valence-corrected chi connectivity index (χ4v) is 5.76. The largest absolute Gasteiger partial charge is 0.465 e. The minimum absolute atomic E-state index is 0.136. The summed E-state index contributed by atoms with van der Waals surface area (Å²) in [4.78, 5) is 36.3. The number of benzene rings is 4. The number of aromatic nitrogens is 2. The highest BCUT2D eigenvalue weighted by atomic mass is 16.5. The topological polar surface area (TPSA) is 113 Å². The lowest BCUT2D eigenvalue weighted by atomic mass is 9.92. The zero-order valence-electron chi connectivity index (χ0n) is 24.9. The van der Waals surface area contributed by atoms with E-state index in [1.807, 2.05) is 103 Å². The third kappa shape index (κ3) is 5.02. The molecule has 2 aliphatic heterocycles. The van der Waals surface area contributed by atoms with Crippen LogP contribution in [0.25, 0.3) is 5.69 Å². The first-order valence-corrected chi connectivity index (χ1v) is 14.4. The van der Waals surface area contributed by atoms with Gasteiger partial charge in [0.1, 0.15) is 0 Å². The van der Waals surface area contributed by atoms with Crippen molar-refractivity contribution in [2.45, 2.75) is 19.9 Å². The van der Waals surface area contributed by atoms with Crippen LogP contribution in [0.5, 0.6) is 0 Å². The van der Waals surface area contributed by atoms with E-state index in [0.717, 1.165) is 39.6 Å². The molecule has 222 valence electrons. The molecule has 0 fully saturated rings. The van der Waals surface area contributed by atoms with Gasteiger partial charge in [-0.2, -0.15) is 5.10 Å². The molecule has 0 bridgehead atoms. The second kappa shape index (κ2) is 11.2. The molecule has 1 amide bonds. The van der Waals surface area contributed by atoms with Crippen molar-refractivity contribution in [3.8, 4) is 5.69 Å². The fourth-order valence-electron chi connectivity index (χ4n) is 5.76. The molecule has 7 rings (SSSR count). The first-order valence-electron chi connectivity index (χ1n) is 14.4. The molecule has 3 heterocycles. The van der Waals surface area contributed by atoms with Gasteiger partial charge in [0.2, 0.25) is 5.91 Å². The number of esters is 1. The van der Waals surface area contributed by atoms with E-state index in [-0.39, 0.29) is 11.9 Å². The molecule has 0 radical (unpaired) electrons. The first kappa shape index (κ1) is 27.8. The zero-order chi connectivity index (χ0) is 31.1. The van der Waals surface area contributed by atoms with Crippen LogP contribution in [-0.4, -0.2) is 40.4 Å². The van der Waals surface area contributed by atoms with E-state index in [4.69, 9.17) is 19.8 Å². The van der Waals surface area contributed by atoms with E-state index in [1.165, 1.54) is 14.0 Å². The number of carbonyl (C=O) groups excluding carboxylic acids is 2. The van der Waals surface area contributed by atoms with Crippen molar-refractivity contribution in [3.05, 3.63) is 126 Å². The van der Waals surface area contributed by atoms with Crippen molar-refractivity contribution in [1.82, 2.24) is 9.78 Å². The van der Waals surface area contributed by atoms with E-state index in [9.17, 15) is 9.59 Å². The van der Waals surface area contributed by atoms with E-state index in [2.05, 4.69) is 15.5 Å². The van der Waals surface area contributed by atoms with Crippen LogP contribution in [0.1, 0.15) is 40.1 Å². The molecule has 10 heteroatoms. The third-order valence-corrected chi connectivity index (χ3v) is 7.75. The number of methoxy groups -OCH3 is 1. The van der Waals surface area contributed by atoms with E-state index in [0.29, 0.717) is 28.7 Å². The van der Waals surface area contributed by atoms with Crippen molar-refractivity contribution in [2.75, 3.05) is 22.6 Å². The van der Waals surface area contributed by atoms with Crippen molar-refractivity contribution in [2.24, 2.45) is 9.98 Å². The Morgan fingerprint density at radius 3 is 2.22 bits per heavy atom. The number of carbonyl (C=O) groups is 2. The molecule has 2 aliphatic rings. The Labute approximate surface area is 259 Å². The Bertz CT molecular complexity index is 2000. The molecule has 0 saturated heterocycles. The van der Waals surface area contributed by atoms with Gasteiger partial charge in [-0.1, -0.05) is 42.5 Å². The maximum absolute atomic E-state index is 12.3. The number of nitrogens with zero attached hydrogens (tertiary/aromatic N) is 5. The number of anilines is 3. The van der Waals surface area contributed by atoms with Gasteiger partial charge in [-0.05, 0) is 73.2 Å². The highest BCUT2D eigenvalue weighted by molar-refractivity contribution is 6.51. The number of ether oxygens (including phenoxy) is 1. The van der Waals surface area contributed by atoms with Gasteiger partial charge in [0.15, 0.2) is 17.5 Å². The number of fused-ring (bicyclic) bond motifs is 4. The van der Waals surface area contributed by atoms with Crippen LogP contribution in [0.15, 0.2) is 113 Å². The zero-order valence-corrected chi connectivity index (χ0v) is 24.9. The molecule has 1 aromatic heterocycles. The normalized spacial score (nSPS) is 14.7. The molecule has 4 aromatic carbocycles. The molecule has 45 heavy (non-hydrogen) atoms. The summed E-state index contributed by atoms with van der Waals surface area (Å²) in [7, 11) is 1.37. The Balaban J connectivity index is 1.42. The third-order valence-electron chi connectivity index (χ3n) is 7.75. The maximum Gasteiger partial charge on any atom is 0.337 e. The Hall–Kier alpha value is -6.03. The molecule has 1 atom stereocenters. The van der Waals surface area contributed by atoms with E-state index >= 15 is 0 Å². The fraction of sp³-hybridized carbons (Fsp3) is 0.114. The number of aryl methyl sites for hydroxylation is 1. The summed E-state index contributed by atoms with van der Waals surface area (Å²) in [6, 6.07) is 32.4. The monoisotopic (exact) mass is 595 g/mol. The van der Waals surface area contributed by atoms with Crippen molar-refractivity contribution in [1.29, 1.82) is 0 Å². The van der Waals surface area contributed by atoms with Gasteiger partial charge in [0, 0.05) is 23.9 Å². The summed E-state index contributed by atoms with van der Waals surface area (Å²) in [6.07, 6.45) is 0. The second-order valence-corrected chi connectivity index (χ2v) is 10.7. The van der Waals surface area contributed by atoms with Crippen LogP contribution in [0.4, 0.5) is 28.6 Å². The Morgan fingerprint density at radius 1 is 0.822 bits per heavy atom. The number of hydrogen-bond donors (Lipinski definition) is 2. The van der Waals surface area contributed by atoms with E-state index < -0.39 is 5.97 Å². The average Bonchev–Trinajstić information content (AvgIpc) is 3.40. The lowest BCUT2D eigenvalue weighted by Gasteiger charge is -2.40. The van der Waals surface area contributed by atoms with Crippen LogP contribution >= 0.6 is 0 Å². The van der Waals surface area contributed by atoms with Gasteiger partial charge < -0.3 is 20.3 Å². The Morgan fingerprint density at radius 2 is 1.51 bits per heavy atom. The van der Waals surface area contributed by atoms with Crippen LogP contribution in [0, 0.1) is 6.92 Å². The SMILES string of the molecule is COC(=O)c1ccc([C@H]2c3c(C)nn(-c4ccccc4)c3N=C3C(Nc4ccc(NC(C)=O)cc4)=Nc4ccccc4N32)cc1. The molecular weight excluding hydrogens is 566 g/mol. The highest BCUT2D eigenvalue weighted by Crippen LogP contribution is 2.48. The predicted octanol–water partition coefficient (Wildman–Crippen LogP) is 6.72. The second-order valence-electron chi connectivity index (χ2n) is 10.7. The lowest BCUT2D eigenvalue weighted by Crippen LogP contribution is -2.46. The lowest BCUT2D eigenvalue weighted by molar-refractivity contribution is -0.114. The summed E-state index contributed by atoms with van der Waals surface area (Å²) in [5.74, 6) is 1.34. The number of nitrogens with one attached hydrogen (secondary N) is 2. The Kier molecular flexibility index (Phi) is 6.94. The quantitative estimate of drug-likeness (QED) is 0.218. The van der Waals surface area contributed by atoms with Gasteiger partial charge in [0.05, 0.1) is 41.5 Å². The number of amidine groups is 2. The van der Waals surface area contributed by atoms with Crippen LogP contribution in [0.3, 0.4) is 0 Å². The minimum Gasteiger partial charge on any atom is -0.465 e. The number of amides is 1. The van der Waals surface area contributed by atoms with Crippen molar-refractivity contribution < 1.29 is 14.3 Å². The van der Waals surface area contributed by atoms with Gasteiger partial charge in [-0.15, -0.1) is 0 Å². The molecule has 10 nitrogen and oxygen atoms in total. The summed E-state index contributed by atoms with van der Waals surface area (Å²) in [5.41, 5.74) is 7.23. The van der Waals surface area contributed by atoms with Crippen molar-refractivity contribution in [3.63, 3.8) is 0 Å². The highest BCUT2D eigenvalue weighted by Gasteiger charge is 2.41. The van der Waals surface area contributed by atoms with E-state index in [1.54, 1.807) is 12.1 Å². The standard InChI is InChI=1S/C35H29N7O3/c1-21-30-31(23-13-15-24(16-14-23)35(44)45-3)41-29-12-8-7-11-28(29)38-32(37-26-19-17-25(18-20-26)36-22(2)43)34(41)39-33(30)42(40-21)27-9-5-4-6-10-27/h4-20,31H,1-3H3,(H,36,43)(H,37,38)/t31-/m0/s1. The van der Waals surface area contributed by atoms with Gasteiger partial charge in [0.25, 0.3) is 0 Å². The van der Waals surface area contributed by atoms with Crippen molar-refractivity contribution >= 4 is 52.1 Å². The van der Waals surface area contributed by atoms with Crippen LogP contribution in [0.2, 0.25) is 0 Å². The smallest absolute Gasteiger partial charge is 0.337 e.